The molecule has 1 N–H and O–H groups in total. The highest BCUT2D eigenvalue weighted by Crippen LogP contribution is 2.18. The van der Waals surface area contributed by atoms with E-state index in [0.29, 0.717) is 5.69 Å². The molecular formula is C10H11N3O. The van der Waals surface area contributed by atoms with E-state index in [1.54, 1.807) is 29.4 Å². The van der Waals surface area contributed by atoms with Gasteiger partial charge in [-0.05, 0) is 12.1 Å². The zero-order valence-corrected chi connectivity index (χ0v) is 7.83. The molecule has 0 amide bonds. The van der Waals surface area contributed by atoms with Crippen LogP contribution in [0.2, 0.25) is 0 Å². The van der Waals surface area contributed by atoms with E-state index in [9.17, 15) is 5.11 Å². The Bertz CT molecular complexity index is 410. The maximum Gasteiger partial charge on any atom is 0.137 e. The van der Waals surface area contributed by atoms with E-state index in [1.165, 1.54) is 0 Å². The van der Waals surface area contributed by atoms with Gasteiger partial charge in [-0.1, -0.05) is 6.07 Å². The normalized spacial score (nSPS) is 12.7. The summed E-state index contributed by atoms with van der Waals surface area (Å²) in [6.45, 7) is 0. The molecule has 0 fully saturated rings. The van der Waals surface area contributed by atoms with Gasteiger partial charge in [-0.25, -0.2) is 4.98 Å². The molecule has 14 heavy (non-hydrogen) atoms. The van der Waals surface area contributed by atoms with Crippen molar-refractivity contribution in [2.24, 2.45) is 7.05 Å². The monoisotopic (exact) mass is 189 g/mol. The molecule has 0 radical (unpaired) electrons. The van der Waals surface area contributed by atoms with Crippen LogP contribution in [0.3, 0.4) is 0 Å². The lowest BCUT2D eigenvalue weighted by Crippen LogP contribution is -2.06. The lowest BCUT2D eigenvalue weighted by molar-refractivity contribution is 0.206. The largest absolute Gasteiger partial charge is 0.380 e. The Labute approximate surface area is 81.9 Å². The zero-order valence-electron chi connectivity index (χ0n) is 7.83. The van der Waals surface area contributed by atoms with Crippen LogP contribution < -0.4 is 0 Å². The lowest BCUT2D eigenvalue weighted by Gasteiger charge is -2.09. The van der Waals surface area contributed by atoms with E-state index in [0.717, 1.165) is 5.69 Å². The summed E-state index contributed by atoms with van der Waals surface area (Å²) in [7, 11) is 1.84. The molecule has 0 aliphatic heterocycles. The highest BCUT2D eigenvalue weighted by Gasteiger charge is 2.13. The van der Waals surface area contributed by atoms with Gasteiger partial charge in [0.05, 0.1) is 23.9 Å². The van der Waals surface area contributed by atoms with Gasteiger partial charge in [-0.2, -0.15) is 0 Å². The van der Waals surface area contributed by atoms with Crippen LogP contribution in [0.5, 0.6) is 0 Å². The number of aliphatic hydroxyl groups is 1. The Hall–Kier alpha value is -1.68. The average molecular weight is 189 g/mol. The van der Waals surface area contributed by atoms with Crippen molar-refractivity contribution < 1.29 is 5.11 Å². The molecule has 0 saturated heterocycles. The van der Waals surface area contributed by atoms with Crippen LogP contribution in [-0.4, -0.2) is 19.6 Å². The predicted octanol–water partition coefficient (Wildman–Crippen LogP) is 0.897. The smallest absolute Gasteiger partial charge is 0.137 e. The Morgan fingerprint density at radius 2 is 2.29 bits per heavy atom. The molecule has 0 spiro atoms. The average Bonchev–Trinajstić information content (AvgIpc) is 2.65. The van der Waals surface area contributed by atoms with Crippen LogP contribution in [0.4, 0.5) is 0 Å². The quantitative estimate of drug-likeness (QED) is 0.763. The highest BCUT2D eigenvalue weighted by molar-refractivity contribution is 5.17. The summed E-state index contributed by atoms with van der Waals surface area (Å²) in [5.74, 6) is 0. The first-order valence-electron chi connectivity index (χ1n) is 4.34. The molecule has 72 valence electrons. The summed E-state index contributed by atoms with van der Waals surface area (Å²) in [5, 5.41) is 9.94. The molecule has 0 aliphatic rings. The number of pyridine rings is 1. The summed E-state index contributed by atoms with van der Waals surface area (Å²) >= 11 is 0. The summed E-state index contributed by atoms with van der Waals surface area (Å²) in [5.41, 5.74) is 1.37. The number of rotatable bonds is 2. The standard InChI is InChI=1S/C10H11N3O/c1-13-7-11-6-9(13)10(14)8-4-2-3-5-12-8/h2-7,10,14H,1H3/t10-/m0/s1. The van der Waals surface area contributed by atoms with Gasteiger partial charge < -0.3 is 9.67 Å². The van der Waals surface area contributed by atoms with Crippen molar-refractivity contribution in [2.45, 2.75) is 6.10 Å². The van der Waals surface area contributed by atoms with Crippen LogP contribution in [0.15, 0.2) is 36.9 Å². The first-order chi connectivity index (χ1) is 6.79. The van der Waals surface area contributed by atoms with Gasteiger partial charge in [0.1, 0.15) is 6.10 Å². The van der Waals surface area contributed by atoms with Crippen molar-refractivity contribution in [3.8, 4) is 0 Å². The van der Waals surface area contributed by atoms with Crippen LogP contribution in [0.25, 0.3) is 0 Å². The fourth-order valence-electron chi connectivity index (χ4n) is 1.32. The third-order valence-corrected chi connectivity index (χ3v) is 2.10. The van der Waals surface area contributed by atoms with Gasteiger partial charge in [0, 0.05) is 13.2 Å². The number of imidazole rings is 1. The van der Waals surface area contributed by atoms with Gasteiger partial charge in [-0.15, -0.1) is 0 Å². The second-order valence-electron chi connectivity index (χ2n) is 3.09. The predicted molar refractivity (Wildman–Crippen MR) is 51.5 cm³/mol. The fraction of sp³-hybridized carbons (Fsp3) is 0.200. The molecule has 2 aromatic rings. The van der Waals surface area contributed by atoms with E-state index >= 15 is 0 Å². The van der Waals surface area contributed by atoms with E-state index < -0.39 is 6.10 Å². The molecule has 0 bridgehead atoms. The summed E-state index contributed by atoms with van der Waals surface area (Å²) in [6.07, 6.45) is 4.25. The van der Waals surface area contributed by atoms with Crippen molar-refractivity contribution >= 4 is 0 Å². The van der Waals surface area contributed by atoms with Crippen LogP contribution in [0.1, 0.15) is 17.5 Å². The number of nitrogens with zero attached hydrogens (tertiary/aromatic N) is 3. The summed E-state index contributed by atoms with van der Waals surface area (Å²) in [6, 6.07) is 5.46. The van der Waals surface area contributed by atoms with Gasteiger partial charge in [0.25, 0.3) is 0 Å². The fourth-order valence-corrected chi connectivity index (χ4v) is 1.32. The SMILES string of the molecule is Cn1cncc1[C@@H](O)c1ccccn1. The number of aliphatic hydroxyl groups excluding tert-OH is 1. The molecule has 2 aromatic heterocycles. The number of hydrogen-bond acceptors (Lipinski definition) is 3. The summed E-state index contributed by atoms with van der Waals surface area (Å²) < 4.78 is 1.78. The Balaban J connectivity index is 2.34. The third-order valence-electron chi connectivity index (χ3n) is 2.10. The first-order valence-corrected chi connectivity index (χ1v) is 4.34. The molecule has 0 aliphatic carbocycles. The van der Waals surface area contributed by atoms with E-state index in [2.05, 4.69) is 9.97 Å². The molecule has 4 nitrogen and oxygen atoms in total. The van der Waals surface area contributed by atoms with Crippen molar-refractivity contribution in [2.75, 3.05) is 0 Å². The Kier molecular flexibility index (Phi) is 2.28. The van der Waals surface area contributed by atoms with Crippen LogP contribution in [0, 0.1) is 0 Å². The minimum absolute atomic E-state index is 0.635. The molecular weight excluding hydrogens is 178 g/mol. The second-order valence-corrected chi connectivity index (χ2v) is 3.09. The lowest BCUT2D eigenvalue weighted by atomic mass is 10.2. The van der Waals surface area contributed by atoms with Crippen molar-refractivity contribution in [3.05, 3.63) is 48.3 Å². The summed E-state index contributed by atoms with van der Waals surface area (Å²) in [4.78, 5) is 8.03. The topological polar surface area (TPSA) is 50.9 Å². The van der Waals surface area contributed by atoms with Crippen molar-refractivity contribution in [3.63, 3.8) is 0 Å². The molecule has 2 rings (SSSR count). The zero-order chi connectivity index (χ0) is 9.97. The third kappa shape index (κ3) is 1.52. The molecule has 1 atom stereocenters. The highest BCUT2D eigenvalue weighted by atomic mass is 16.3. The minimum Gasteiger partial charge on any atom is -0.380 e. The van der Waals surface area contributed by atoms with Gasteiger partial charge >= 0.3 is 0 Å². The maximum atomic E-state index is 9.94. The van der Waals surface area contributed by atoms with Crippen LogP contribution >= 0.6 is 0 Å². The molecule has 2 heterocycles. The second kappa shape index (κ2) is 3.59. The van der Waals surface area contributed by atoms with Crippen molar-refractivity contribution in [1.82, 2.24) is 14.5 Å². The van der Waals surface area contributed by atoms with Gasteiger partial charge in [0.15, 0.2) is 0 Å². The Morgan fingerprint density at radius 3 is 2.86 bits per heavy atom. The number of aryl methyl sites for hydroxylation is 1. The van der Waals surface area contributed by atoms with Crippen molar-refractivity contribution in [1.29, 1.82) is 0 Å². The van der Waals surface area contributed by atoms with Gasteiger partial charge in [0.2, 0.25) is 0 Å². The number of hydrogen-bond donors (Lipinski definition) is 1. The van der Waals surface area contributed by atoms with Gasteiger partial charge in [-0.3, -0.25) is 4.98 Å². The molecule has 0 unspecified atom stereocenters. The maximum absolute atomic E-state index is 9.94. The molecule has 0 saturated carbocycles. The van der Waals surface area contributed by atoms with E-state index in [1.807, 2.05) is 19.2 Å². The van der Waals surface area contributed by atoms with Crippen LogP contribution in [-0.2, 0) is 7.05 Å². The Morgan fingerprint density at radius 1 is 1.43 bits per heavy atom. The molecule has 4 heteroatoms. The van der Waals surface area contributed by atoms with E-state index in [-0.39, 0.29) is 0 Å². The van der Waals surface area contributed by atoms with E-state index in [4.69, 9.17) is 0 Å². The first kappa shape index (κ1) is 8.90. The minimum atomic E-state index is -0.705. The number of aromatic nitrogens is 3. The molecule has 0 aromatic carbocycles.